The average molecular weight is 455 g/mol. The lowest BCUT2D eigenvalue weighted by molar-refractivity contribution is -0.0965. The summed E-state index contributed by atoms with van der Waals surface area (Å²) in [5, 5.41) is 0.219. The van der Waals surface area contributed by atoms with Crippen molar-refractivity contribution in [3.8, 4) is 0 Å². The van der Waals surface area contributed by atoms with Gasteiger partial charge in [-0.25, -0.2) is 0 Å². The van der Waals surface area contributed by atoms with E-state index < -0.39 is 8.32 Å². The summed E-state index contributed by atoms with van der Waals surface area (Å²) in [4.78, 5) is 0. The Bertz CT molecular complexity index is 324. The highest BCUT2D eigenvalue weighted by molar-refractivity contribution is 14.1. The van der Waals surface area contributed by atoms with Gasteiger partial charge in [0.1, 0.15) is 0 Å². The van der Waals surface area contributed by atoms with Crippen LogP contribution in [0.1, 0.15) is 73.1 Å². The Hall–Kier alpha value is 0.607. The quantitative estimate of drug-likeness (QED) is 0.0783. The van der Waals surface area contributed by atoms with Gasteiger partial charge in [0.2, 0.25) is 0 Å². The first-order valence-corrected chi connectivity index (χ1v) is 13.6. The second kappa shape index (κ2) is 12.0. The van der Waals surface area contributed by atoms with Crippen molar-refractivity contribution in [1.29, 1.82) is 0 Å². The summed E-state index contributed by atoms with van der Waals surface area (Å²) < 4.78 is 13.6. The molecule has 0 aromatic heterocycles. The predicted molar refractivity (Wildman–Crippen MR) is 114 cm³/mol. The van der Waals surface area contributed by atoms with Crippen molar-refractivity contribution in [2.45, 2.75) is 104 Å². The number of ether oxygens (including phenoxy) is 1. The molecule has 0 amide bonds. The minimum Gasteiger partial charge on any atom is -0.392 e. The smallest absolute Gasteiger partial charge is 0.195 e. The molecular formula is C19H39IO2Si. The largest absolute Gasteiger partial charge is 0.392 e. The summed E-state index contributed by atoms with van der Waals surface area (Å²) in [6.07, 6.45) is 12.0. The van der Waals surface area contributed by atoms with Crippen LogP contribution in [-0.4, -0.2) is 25.1 Å². The van der Waals surface area contributed by atoms with Gasteiger partial charge in [0.25, 0.3) is 0 Å². The molecule has 0 N–H and O–H groups in total. The fourth-order valence-electron chi connectivity index (χ4n) is 2.17. The van der Waals surface area contributed by atoms with E-state index in [0.717, 1.165) is 10.8 Å². The van der Waals surface area contributed by atoms with Crippen LogP contribution in [0.15, 0.2) is 12.2 Å². The summed E-state index contributed by atoms with van der Waals surface area (Å²) in [6, 6.07) is 0. The zero-order chi connectivity index (χ0) is 17.9. The lowest BCUT2D eigenvalue weighted by Gasteiger charge is -2.39. The van der Waals surface area contributed by atoms with Crippen molar-refractivity contribution < 1.29 is 9.16 Å². The summed E-state index contributed by atoms with van der Waals surface area (Å²) in [5.74, 6) is 0. The van der Waals surface area contributed by atoms with Crippen LogP contribution in [-0.2, 0) is 9.16 Å². The van der Waals surface area contributed by atoms with Crippen LogP contribution in [0.2, 0.25) is 18.1 Å². The molecule has 0 aromatic carbocycles. The van der Waals surface area contributed by atoms with E-state index >= 15 is 0 Å². The molecule has 2 nitrogen and oxygen atoms in total. The third-order valence-corrected chi connectivity index (χ3v) is 9.87. The molecule has 0 aromatic rings. The first kappa shape index (κ1) is 23.6. The highest BCUT2D eigenvalue weighted by Crippen LogP contribution is 2.37. The number of unbranched alkanes of at least 4 members (excludes halogenated alkanes) is 4. The number of halogens is 1. The molecule has 2 atom stereocenters. The molecule has 23 heavy (non-hydrogen) atoms. The Morgan fingerprint density at radius 1 is 1.09 bits per heavy atom. The number of alkyl halides is 1. The lowest BCUT2D eigenvalue weighted by atomic mass is 10.1. The molecule has 0 fully saturated rings. The Morgan fingerprint density at radius 3 is 2.17 bits per heavy atom. The standard InChI is InChI=1S/C19H39IO2Si/c1-8-10-11-12-13-15-17(14-9-2)21-18(16-20)22-23(6,7)19(3,4)5/h9,14,17-18H,8,10-13,15-16H2,1-7H3/b14-9+/t17?,18-/m1/s1. The van der Waals surface area contributed by atoms with Crippen LogP contribution >= 0.6 is 22.6 Å². The first-order valence-electron chi connectivity index (χ1n) is 9.20. The lowest BCUT2D eigenvalue weighted by Crippen LogP contribution is -2.45. The normalized spacial score (nSPS) is 16.0. The molecule has 0 aliphatic rings. The molecule has 1 unspecified atom stereocenters. The second-order valence-corrected chi connectivity index (χ2v) is 13.5. The van der Waals surface area contributed by atoms with E-state index in [1.54, 1.807) is 0 Å². The third-order valence-electron chi connectivity index (χ3n) is 4.68. The zero-order valence-electron chi connectivity index (χ0n) is 16.5. The Balaban J connectivity index is 4.51. The van der Waals surface area contributed by atoms with Gasteiger partial charge in [-0.1, -0.05) is 94.5 Å². The van der Waals surface area contributed by atoms with Gasteiger partial charge in [-0.15, -0.1) is 0 Å². The molecule has 0 saturated carbocycles. The summed E-state index contributed by atoms with van der Waals surface area (Å²) in [5.41, 5.74) is 0. The van der Waals surface area contributed by atoms with Crippen LogP contribution in [0.3, 0.4) is 0 Å². The van der Waals surface area contributed by atoms with Crippen molar-refractivity contribution in [2.75, 3.05) is 4.43 Å². The van der Waals surface area contributed by atoms with E-state index in [4.69, 9.17) is 9.16 Å². The Labute approximate surface area is 160 Å². The minimum absolute atomic E-state index is 0.0895. The predicted octanol–water partition coefficient (Wildman–Crippen LogP) is 7.09. The number of rotatable bonds is 12. The molecule has 0 saturated heterocycles. The van der Waals surface area contributed by atoms with Gasteiger partial charge in [0, 0.05) is 4.43 Å². The molecule has 0 heterocycles. The van der Waals surface area contributed by atoms with Gasteiger partial charge in [-0.2, -0.15) is 0 Å². The minimum atomic E-state index is -1.78. The first-order chi connectivity index (χ1) is 10.7. The molecule has 0 rings (SSSR count). The van der Waals surface area contributed by atoms with Crippen molar-refractivity contribution in [2.24, 2.45) is 0 Å². The van der Waals surface area contributed by atoms with Crippen LogP contribution in [0.25, 0.3) is 0 Å². The van der Waals surface area contributed by atoms with Gasteiger partial charge in [-0.3, -0.25) is 0 Å². The topological polar surface area (TPSA) is 18.5 Å². The molecule has 0 radical (unpaired) electrons. The summed E-state index contributed by atoms with van der Waals surface area (Å²) in [7, 11) is -1.78. The van der Waals surface area contributed by atoms with E-state index in [1.807, 2.05) is 0 Å². The van der Waals surface area contributed by atoms with Gasteiger partial charge >= 0.3 is 0 Å². The molecule has 4 heteroatoms. The van der Waals surface area contributed by atoms with E-state index in [2.05, 4.69) is 82.5 Å². The van der Waals surface area contributed by atoms with E-state index in [9.17, 15) is 0 Å². The maximum absolute atomic E-state index is 6.45. The van der Waals surface area contributed by atoms with Gasteiger partial charge in [0.05, 0.1) is 6.10 Å². The third kappa shape index (κ3) is 10.2. The highest BCUT2D eigenvalue weighted by Gasteiger charge is 2.39. The van der Waals surface area contributed by atoms with Crippen molar-refractivity contribution >= 4 is 30.9 Å². The van der Waals surface area contributed by atoms with Gasteiger partial charge in [-0.05, 0) is 31.5 Å². The van der Waals surface area contributed by atoms with E-state index in [-0.39, 0.29) is 17.4 Å². The zero-order valence-corrected chi connectivity index (χ0v) is 19.6. The van der Waals surface area contributed by atoms with Crippen molar-refractivity contribution in [1.82, 2.24) is 0 Å². The second-order valence-electron chi connectivity index (χ2n) is 7.87. The maximum atomic E-state index is 6.45. The van der Waals surface area contributed by atoms with Crippen molar-refractivity contribution in [3.05, 3.63) is 12.2 Å². The van der Waals surface area contributed by atoms with Crippen molar-refractivity contribution in [3.63, 3.8) is 0 Å². The van der Waals surface area contributed by atoms with Gasteiger partial charge in [0.15, 0.2) is 14.6 Å². The molecule has 0 aliphatic heterocycles. The maximum Gasteiger partial charge on any atom is 0.195 e. The van der Waals surface area contributed by atoms with E-state index in [1.165, 1.54) is 32.1 Å². The number of allylic oxidation sites excluding steroid dienone is 1. The summed E-state index contributed by atoms with van der Waals surface area (Å²) in [6.45, 7) is 15.8. The Morgan fingerprint density at radius 2 is 1.70 bits per heavy atom. The fourth-order valence-corrected chi connectivity index (χ4v) is 4.05. The molecule has 138 valence electrons. The van der Waals surface area contributed by atoms with E-state index in [0.29, 0.717) is 0 Å². The molecule has 0 spiro atoms. The molecular weight excluding hydrogens is 415 g/mol. The Kier molecular flexibility index (Phi) is 12.4. The summed E-state index contributed by atoms with van der Waals surface area (Å²) >= 11 is 2.38. The fraction of sp³-hybridized carbons (Fsp3) is 0.895. The van der Waals surface area contributed by atoms with Crippen LogP contribution in [0, 0.1) is 0 Å². The average Bonchev–Trinajstić information content (AvgIpc) is 2.44. The highest BCUT2D eigenvalue weighted by atomic mass is 127. The number of hydrogen-bond donors (Lipinski definition) is 0. The molecule has 0 aliphatic carbocycles. The SMILES string of the molecule is C/C=C/C(CCCCCCC)O[C@@H](CI)O[Si](C)(C)C(C)(C)C. The monoisotopic (exact) mass is 454 g/mol. The number of hydrogen-bond acceptors (Lipinski definition) is 2. The van der Waals surface area contributed by atoms with Crippen LogP contribution in [0.5, 0.6) is 0 Å². The molecule has 0 bridgehead atoms. The van der Waals surface area contributed by atoms with Gasteiger partial charge < -0.3 is 9.16 Å². The van der Waals surface area contributed by atoms with Crippen LogP contribution < -0.4 is 0 Å². The van der Waals surface area contributed by atoms with Crippen LogP contribution in [0.4, 0.5) is 0 Å².